The monoisotopic (exact) mass is 482 g/mol. The molecule has 0 spiro atoms. The molecule has 1 aliphatic rings. The van der Waals surface area contributed by atoms with Crippen LogP contribution in [0.2, 0.25) is 0 Å². The summed E-state index contributed by atoms with van der Waals surface area (Å²) in [5, 5.41) is 0.336. The van der Waals surface area contributed by atoms with Gasteiger partial charge in [0, 0.05) is 18.0 Å². The Balaban J connectivity index is 1.84. The molecule has 0 aliphatic carbocycles. The van der Waals surface area contributed by atoms with Crippen LogP contribution in [-0.2, 0) is 28.0 Å². The summed E-state index contributed by atoms with van der Waals surface area (Å²) in [7, 11) is -4.17. The number of hydrogen-bond donors (Lipinski definition) is 0. The summed E-state index contributed by atoms with van der Waals surface area (Å²) in [6.45, 7) is 2.29. The lowest BCUT2D eigenvalue weighted by Gasteiger charge is -2.31. The number of aromatic nitrogens is 1. The second-order valence-corrected chi connectivity index (χ2v) is 9.62. The summed E-state index contributed by atoms with van der Waals surface area (Å²) in [5.41, 5.74) is 1.52. The van der Waals surface area contributed by atoms with Gasteiger partial charge in [-0.1, -0.05) is 36.4 Å². The largest absolute Gasteiger partial charge is 0.491 e. The van der Waals surface area contributed by atoms with E-state index >= 15 is 0 Å². The van der Waals surface area contributed by atoms with Gasteiger partial charge in [-0.15, -0.1) is 0 Å². The van der Waals surface area contributed by atoms with E-state index in [1.165, 1.54) is 0 Å². The molecule has 176 valence electrons. The average molecular weight is 482 g/mol. The van der Waals surface area contributed by atoms with E-state index in [0.29, 0.717) is 21.5 Å². The number of fused-ring (bicyclic) bond motifs is 1. The van der Waals surface area contributed by atoms with Crippen molar-refractivity contribution < 1.29 is 35.9 Å². The Morgan fingerprint density at radius 2 is 1.79 bits per heavy atom. The van der Waals surface area contributed by atoms with Gasteiger partial charge in [0.2, 0.25) is 15.9 Å². The van der Waals surface area contributed by atoms with Gasteiger partial charge >= 0.3 is 12.1 Å². The number of likely N-dealkylation sites (tertiary alicyclic amines) is 1. The molecule has 0 unspecified atom stereocenters. The second-order valence-electron chi connectivity index (χ2n) is 7.79. The van der Waals surface area contributed by atoms with Gasteiger partial charge in [0.05, 0.1) is 6.26 Å². The molecule has 4 rings (SSSR count). The fourth-order valence-corrected chi connectivity index (χ4v) is 4.55. The van der Waals surface area contributed by atoms with E-state index in [9.17, 15) is 26.4 Å². The quantitative estimate of drug-likeness (QED) is 0.478. The molecule has 1 saturated heterocycles. The molecule has 0 atom stereocenters. The lowest BCUT2D eigenvalue weighted by Crippen LogP contribution is -2.36. The Hall–Kier alpha value is -3.05. The first kappa shape index (κ1) is 23.1. The Labute approximate surface area is 188 Å². The van der Waals surface area contributed by atoms with Gasteiger partial charge in [-0.05, 0) is 36.7 Å². The molecule has 0 saturated carbocycles. The van der Waals surface area contributed by atoms with Gasteiger partial charge in [-0.2, -0.15) is 13.2 Å². The third-order valence-corrected chi connectivity index (χ3v) is 6.31. The average Bonchev–Trinajstić information content (AvgIpc) is 3.09. The number of benzene rings is 2. The SMILES string of the molecule is CS(=O)(=O)n1c(OC(=O)C(F)(F)F)cc2c(CN3CCC3)ccc(OCc3ccccc3)c21. The van der Waals surface area contributed by atoms with Crippen molar-refractivity contribution in [3.63, 3.8) is 0 Å². The third kappa shape index (κ3) is 4.98. The lowest BCUT2D eigenvalue weighted by atomic mass is 10.1. The van der Waals surface area contributed by atoms with Crippen LogP contribution in [0.15, 0.2) is 48.5 Å². The van der Waals surface area contributed by atoms with Crippen LogP contribution >= 0.6 is 0 Å². The summed E-state index contributed by atoms with van der Waals surface area (Å²) >= 11 is 0. The highest BCUT2D eigenvalue weighted by Gasteiger charge is 2.42. The van der Waals surface area contributed by atoms with E-state index in [-0.39, 0.29) is 17.9 Å². The van der Waals surface area contributed by atoms with Crippen LogP contribution in [-0.4, -0.2) is 48.8 Å². The number of alkyl halides is 3. The Kier molecular flexibility index (Phi) is 6.10. The van der Waals surface area contributed by atoms with Crippen molar-refractivity contribution in [2.24, 2.45) is 0 Å². The van der Waals surface area contributed by atoms with E-state index in [4.69, 9.17) is 4.74 Å². The van der Waals surface area contributed by atoms with Crippen molar-refractivity contribution in [3.8, 4) is 11.6 Å². The van der Waals surface area contributed by atoms with E-state index in [0.717, 1.165) is 37.4 Å². The smallest absolute Gasteiger partial charge is 0.487 e. The summed E-state index contributed by atoms with van der Waals surface area (Å²) in [6, 6.07) is 13.6. The van der Waals surface area contributed by atoms with Gasteiger partial charge in [-0.3, -0.25) is 4.90 Å². The third-order valence-electron chi connectivity index (χ3n) is 5.28. The Morgan fingerprint density at radius 1 is 1.09 bits per heavy atom. The number of ether oxygens (including phenoxy) is 2. The zero-order valence-electron chi connectivity index (χ0n) is 17.6. The van der Waals surface area contributed by atoms with E-state index in [1.807, 2.05) is 30.3 Å². The molecule has 3 aromatic rings. The minimum atomic E-state index is -5.29. The van der Waals surface area contributed by atoms with E-state index in [1.54, 1.807) is 12.1 Å². The van der Waals surface area contributed by atoms with Crippen LogP contribution in [0, 0.1) is 0 Å². The summed E-state index contributed by atoms with van der Waals surface area (Å²) in [5.74, 6) is -3.11. The predicted molar refractivity (Wildman–Crippen MR) is 115 cm³/mol. The van der Waals surface area contributed by atoms with E-state index < -0.39 is 28.0 Å². The first-order valence-corrected chi connectivity index (χ1v) is 11.9. The topological polar surface area (TPSA) is 77.8 Å². The van der Waals surface area contributed by atoms with Gasteiger partial charge in [0.1, 0.15) is 17.9 Å². The summed E-state index contributed by atoms with van der Waals surface area (Å²) < 4.78 is 74.7. The van der Waals surface area contributed by atoms with Crippen molar-refractivity contribution >= 4 is 26.9 Å². The Bertz CT molecular complexity index is 1280. The maximum atomic E-state index is 12.8. The summed E-state index contributed by atoms with van der Waals surface area (Å²) in [4.78, 5) is 13.6. The number of carbonyl (C=O) groups is 1. The fraction of sp³-hybridized carbons (Fsp3) is 0.318. The molecular weight excluding hydrogens is 461 g/mol. The highest BCUT2D eigenvalue weighted by atomic mass is 32.2. The van der Waals surface area contributed by atoms with Gasteiger partial charge < -0.3 is 9.47 Å². The zero-order chi connectivity index (χ0) is 23.8. The summed E-state index contributed by atoms with van der Waals surface area (Å²) in [6.07, 6.45) is -3.44. The molecule has 1 aromatic heterocycles. The molecule has 0 N–H and O–H groups in total. The van der Waals surface area contributed by atoms with Crippen LogP contribution in [0.3, 0.4) is 0 Å². The molecule has 0 bridgehead atoms. The lowest BCUT2D eigenvalue weighted by molar-refractivity contribution is -0.190. The molecule has 1 aliphatic heterocycles. The first-order valence-electron chi connectivity index (χ1n) is 10.1. The first-order chi connectivity index (χ1) is 15.5. The van der Waals surface area contributed by atoms with Crippen molar-refractivity contribution in [2.75, 3.05) is 19.3 Å². The number of nitrogens with zero attached hydrogens (tertiary/aromatic N) is 2. The predicted octanol–water partition coefficient (Wildman–Crippen LogP) is 3.70. The second kappa shape index (κ2) is 8.71. The highest BCUT2D eigenvalue weighted by molar-refractivity contribution is 7.89. The molecule has 2 aromatic carbocycles. The van der Waals surface area contributed by atoms with E-state index in [2.05, 4.69) is 9.64 Å². The number of esters is 1. The normalized spacial score (nSPS) is 14.8. The number of hydrogen-bond acceptors (Lipinski definition) is 6. The van der Waals surface area contributed by atoms with Crippen molar-refractivity contribution in [1.29, 1.82) is 0 Å². The maximum absolute atomic E-state index is 12.8. The highest BCUT2D eigenvalue weighted by Crippen LogP contribution is 2.38. The minimum Gasteiger partial charge on any atom is -0.487 e. The number of rotatable bonds is 7. The molecular formula is C22H21F3N2O5S. The van der Waals surface area contributed by atoms with Gasteiger partial charge in [0.15, 0.2) is 0 Å². The number of halogens is 3. The van der Waals surface area contributed by atoms with Gasteiger partial charge in [0.25, 0.3) is 0 Å². The molecule has 0 amide bonds. The molecule has 7 nitrogen and oxygen atoms in total. The van der Waals surface area contributed by atoms with Crippen LogP contribution in [0.1, 0.15) is 17.5 Å². The fourth-order valence-electron chi connectivity index (χ4n) is 3.62. The molecule has 11 heteroatoms. The van der Waals surface area contributed by atoms with Crippen LogP contribution in [0.25, 0.3) is 10.9 Å². The maximum Gasteiger partial charge on any atom is 0.491 e. The van der Waals surface area contributed by atoms with Crippen LogP contribution in [0.4, 0.5) is 13.2 Å². The molecule has 2 heterocycles. The zero-order valence-corrected chi connectivity index (χ0v) is 18.4. The van der Waals surface area contributed by atoms with Crippen LogP contribution < -0.4 is 9.47 Å². The van der Waals surface area contributed by atoms with Crippen molar-refractivity contribution in [1.82, 2.24) is 8.87 Å². The Morgan fingerprint density at radius 3 is 2.36 bits per heavy atom. The minimum absolute atomic E-state index is 0.0245. The van der Waals surface area contributed by atoms with Crippen molar-refractivity contribution in [3.05, 3.63) is 59.7 Å². The molecule has 1 fully saturated rings. The standard InChI is InChI=1S/C22H21F3N2O5S/c1-33(29,30)27-19(32-21(28)22(23,24)25)12-17-16(13-26-10-5-11-26)8-9-18(20(17)27)31-14-15-6-3-2-4-7-15/h2-4,6-9,12H,5,10-11,13-14H2,1H3. The molecule has 0 radical (unpaired) electrons. The number of carbonyl (C=O) groups excluding carboxylic acids is 1. The van der Waals surface area contributed by atoms with Crippen molar-refractivity contribution in [2.45, 2.75) is 25.7 Å². The van der Waals surface area contributed by atoms with Crippen LogP contribution in [0.5, 0.6) is 11.6 Å². The molecule has 33 heavy (non-hydrogen) atoms. The van der Waals surface area contributed by atoms with Gasteiger partial charge in [-0.25, -0.2) is 17.2 Å².